The third-order valence-corrected chi connectivity index (χ3v) is 5.00. The SMILES string of the molecule is COC(=O)c1ccc(NC(=O)CSc2nc(O)c(Cc3ccccc3)c(=O)[nH]2)cc1. The topological polar surface area (TPSA) is 121 Å². The quantitative estimate of drug-likeness (QED) is 0.302. The van der Waals surface area contributed by atoms with E-state index in [0.717, 1.165) is 17.3 Å². The molecule has 0 aliphatic carbocycles. The maximum atomic E-state index is 12.3. The van der Waals surface area contributed by atoms with E-state index in [1.54, 1.807) is 12.1 Å². The predicted molar refractivity (Wildman–Crippen MR) is 113 cm³/mol. The highest BCUT2D eigenvalue weighted by Gasteiger charge is 2.13. The molecular weight excluding hydrogens is 406 g/mol. The number of H-pyrrole nitrogens is 1. The molecule has 1 aromatic heterocycles. The number of hydrogen-bond acceptors (Lipinski definition) is 7. The number of aromatic hydroxyl groups is 1. The van der Waals surface area contributed by atoms with Crippen LogP contribution in [0, 0.1) is 0 Å². The molecule has 0 aliphatic rings. The number of amides is 1. The first-order valence-corrected chi connectivity index (χ1v) is 9.92. The number of benzene rings is 2. The number of ether oxygens (including phenoxy) is 1. The first-order valence-electron chi connectivity index (χ1n) is 8.93. The Balaban J connectivity index is 1.59. The van der Waals surface area contributed by atoms with E-state index in [-0.39, 0.29) is 34.7 Å². The number of aromatic nitrogens is 2. The summed E-state index contributed by atoms with van der Waals surface area (Å²) in [5.41, 5.74) is 1.47. The van der Waals surface area contributed by atoms with Crippen LogP contribution in [0.1, 0.15) is 21.5 Å². The van der Waals surface area contributed by atoms with Gasteiger partial charge >= 0.3 is 5.97 Å². The van der Waals surface area contributed by atoms with Crippen LogP contribution < -0.4 is 10.9 Å². The molecule has 0 unspecified atom stereocenters. The van der Waals surface area contributed by atoms with E-state index in [2.05, 4.69) is 20.0 Å². The van der Waals surface area contributed by atoms with Gasteiger partial charge in [0.05, 0.1) is 24.0 Å². The fourth-order valence-corrected chi connectivity index (χ4v) is 3.29. The van der Waals surface area contributed by atoms with Gasteiger partial charge in [-0.1, -0.05) is 42.1 Å². The Hall–Kier alpha value is -3.59. The number of methoxy groups -OCH3 is 1. The van der Waals surface area contributed by atoms with Crippen LogP contribution in [0.5, 0.6) is 5.88 Å². The lowest BCUT2D eigenvalue weighted by atomic mass is 10.1. The minimum Gasteiger partial charge on any atom is -0.493 e. The summed E-state index contributed by atoms with van der Waals surface area (Å²) >= 11 is 0.990. The smallest absolute Gasteiger partial charge is 0.337 e. The van der Waals surface area contributed by atoms with Gasteiger partial charge in [-0.2, -0.15) is 4.98 Å². The fourth-order valence-electron chi connectivity index (χ4n) is 2.63. The molecule has 0 fully saturated rings. The van der Waals surface area contributed by atoms with Crippen LogP contribution in [-0.2, 0) is 16.0 Å². The van der Waals surface area contributed by atoms with Crippen molar-refractivity contribution < 1.29 is 19.4 Å². The second kappa shape index (κ2) is 9.75. The Bertz CT molecular complexity index is 1100. The molecule has 0 spiro atoms. The van der Waals surface area contributed by atoms with Gasteiger partial charge in [-0.25, -0.2) is 4.79 Å². The Kier molecular flexibility index (Phi) is 6.87. The summed E-state index contributed by atoms with van der Waals surface area (Å²) in [7, 11) is 1.29. The van der Waals surface area contributed by atoms with Crippen molar-refractivity contribution in [2.45, 2.75) is 11.6 Å². The van der Waals surface area contributed by atoms with Crippen molar-refractivity contribution in [3.05, 3.63) is 81.6 Å². The molecule has 154 valence electrons. The zero-order valence-corrected chi connectivity index (χ0v) is 16.9. The van der Waals surface area contributed by atoms with E-state index in [0.29, 0.717) is 11.3 Å². The van der Waals surface area contributed by atoms with E-state index >= 15 is 0 Å². The summed E-state index contributed by atoms with van der Waals surface area (Å²) in [6, 6.07) is 15.5. The van der Waals surface area contributed by atoms with Crippen LogP contribution >= 0.6 is 11.8 Å². The highest BCUT2D eigenvalue weighted by molar-refractivity contribution is 7.99. The first kappa shape index (κ1) is 21.1. The van der Waals surface area contributed by atoms with Crippen molar-refractivity contribution >= 4 is 29.3 Å². The van der Waals surface area contributed by atoms with E-state index < -0.39 is 11.5 Å². The lowest BCUT2D eigenvalue weighted by Crippen LogP contribution is -2.17. The number of carbonyl (C=O) groups excluding carboxylic acids is 2. The van der Waals surface area contributed by atoms with Gasteiger partial charge in [-0.05, 0) is 29.8 Å². The number of aromatic amines is 1. The second-order valence-electron chi connectivity index (χ2n) is 6.24. The minimum atomic E-state index is -0.464. The van der Waals surface area contributed by atoms with Crippen LogP contribution in [0.4, 0.5) is 5.69 Å². The van der Waals surface area contributed by atoms with Crippen molar-refractivity contribution in [2.75, 3.05) is 18.2 Å². The number of rotatable bonds is 7. The van der Waals surface area contributed by atoms with Gasteiger partial charge in [0.15, 0.2) is 5.16 Å². The summed E-state index contributed by atoms with van der Waals surface area (Å²) in [4.78, 5) is 42.4. The van der Waals surface area contributed by atoms with Crippen molar-refractivity contribution in [1.29, 1.82) is 0 Å². The molecule has 8 nitrogen and oxygen atoms in total. The van der Waals surface area contributed by atoms with E-state index in [1.807, 2.05) is 30.3 Å². The van der Waals surface area contributed by atoms with Gasteiger partial charge in [-0.3, -0.25) is 9.59 Å². The van der Waals surface area contributed by atoms with E-state index in [4.69, 9.17) is 0 Å². The van der Waals surface area contributed by atoms with Gasteiger partial charge in [0, 0.05) is 12.1 Å². The molecule has 0 saturated heterocycles. The van der Waals surface area contributed by atoms with Crippen molar-refractivity contribution in [1.82, 2.24) is 9.97 Å². The molecule has 30 heavy (non-hydrogen) atoms. The average molecular weight is 425 g/mol. The number of hydrogen-bond donors (Lipinski definition) is 3. The second-order valence-corrected chi connectivity index (χ2v) is 7.21. The van der Waals surface area contributed by atoms with Gasteiger partial charge in [0.2, 0.25) is 11.8 Å². The van der Waals surface area contributed by atoms with Crippen molar-refractivity contribution in [3.63, 3.8) is 0 Å². The van der Waals surface area contributed by atoms with Crippen LogP contribution in [0.25, 0.3) is 0 Å². The van der Waals surface area contributed by atoms with Gasteiger partial charge in [-0.15, -0.1) is 0 Å². The van der Waals surface area contributed by atoms with Gasteiger partial charge < -0.3 is 20.1 Å². The molecule has 3 N–H and O–H groups in total. The molecule has 0 radical (unpaired) electrons. The summed E-state index contributed by atoms with van der Waals surface area (Å²) < 4.78 is 4.62. The maximum absolute atomic E-state index is 12.3. The number of anilines is 1. The Morgan fingerprint density at radius 3 is 2.47 bits per heavy atom. The summed E-state index contributed by atoms with van der Waals surface area (Å²) in [6.07, 6.45) is 0.252. The maximum Gasteiger partial charge on any atom is 0.337 e. The van der Waals surface area contributed by atoms with E-state index in [1.165, 1.54) is 19.2 Å². The normalized spacial score (nSPS) is 10.4. The molecule has 3 rings (SSSR count). The highest BCUT2D eigenvalue weighted by Crippen LogP contribution is 2.19. The minimum absolute atomic E-state index is 0.0286. The van der Waals surface area contributed by atoms with E-state index in [9.17, 15) is 19.5 Å². The number of thioether (sulfide) groups is 1. The summed E-state index contributed by atoms with van der Waals surface area (Å²) in [6.45, 7) is 0. The molecule has 0 atom stereocenters. The first-order chi connectivity index (χ1) is 14.5. The largest absolute Gasteiger partial charge is 0.493 e. The Morgan fingerprint density at radius 1 is 1.13 bits per heavy atom. The van der Waals surface area contributed by atoms with Crippen LogP contribution in [0.2, 0.25) is 0 Å². The third-order valence-electron chi connectivity index (χ3n) is 4.13. The third kappa shape index (κ3) is 5.48. The Labute approximate surface area is 176 Å². The molecule has 0 aliphatic heterocycles. The zero-order valence-electron chi connectivity index (χ0n) is 16.0. The van der Waals surface area contributed by atoms with Crippen molar-refractivity contribution in [3.8, 4) is 5.88 Å². The molecular formula is C21H19N3O5S. The molecule has 1 heterocycles. The number of esters is 1. The number of nitrogens with zero attached hydrogens (tertiary/aromatic N) is 1. The van der Waals surface area contributed by atoms with Crippen LogP contribution in [0.15, 0.2) is 64.5 Å². The monoisotopic (exact) mass is 425 g/mol. The zero-order chi connectivity index (χ0) is 21.5. The van der Waals surface area contributed by atoms with Crippen LogP contribution in [-0.4, -0.2) is 39.8 Å². The molecule has 9 heteroatoms. The predicted octanol–water partition coefficient (Wildman–Crippen LogP) is 2.58. The van der Waals surface area contributed by atoms with Crippen LogP contribution in [0.3, 0.4) is 0 Å². The number of carbonyl (C=O) groups is 2. The molecule has 0 saturated carbocycles. The molecule has 1 amide bonds. The fraction of sp³-hybridized carbons (Fsp3) is 0.143. The molecule has 0 bridgehead atoms. The molecule has 2 aromatic carbocycles. The lowest BCUT2D eigenvalue weighted by Gasteiger charge is -2.07. The average Bonchev–Trinajstić information content (AvgIpc) is 2.75. The lowest BCUT2D eigenvalue weighted by molar-refractivity contribution is -0.113. The summed E-state index contributed by atoms with van der Waals surface area (Å²) in [5, 5.41) is 13.0. The van der Waals surface area contributed by atoms with Gasteiger partial charge in [0.25, 0.3) is 5.56 Å². The molecule has 3 aromatic rings. The number of nitrogens with one attached hydrogen (secondary N) is 2. The highest BCUT2D eigenvalue weighted by atomic mass is 32.2. The van der Waals surface area contributed by atoms with Gasteiger partial charge in [0.1, 0.15) is 0 Å². The standard InChI is InChI=1S/C21H19N3O5S/c1-29-20(28)14-7-9-15(10-8-14)22-17(25)12-30-21-23-18(26)16(19(27)24-21)11-13-5-3-2-4-6-13/h2-10H,11-12H2,1H3,(H,22,25)(H2,23,24,26,27). The Morgan fingerprint density at radius 2 is 1.83 bits per heavy atom. The summed E-state index contributed by atoms with van der Waals surface area (Å²) in [5.74, 6) is -1.18. The van der Waals surface area contributed by atoms with Crippen molar-refractivity contribution in [2.24, 2.45) is 0 Å².